The molecule has 20 heavy (non-hydrogen) atoms. The Morgan fingerprint density at radius 3 is 2.50 bits per heavy atom. The molecule has 3 nitrogen and oxygen atoms in total. The molecule has 0 radical (unpaired) electrons. The highest BCUT2D eigenvalue weighted by atomic mass is 35.5. The predicted octanol–water partition coefficient (Wildman–Crippen LogP) is 4.32. The fraction of sp³-hybridized carbons (Fsp3) is 0. The maximum absolute atomic E-state index is 12.9. The van der Waals surface area contributed by atoms with E-state index in [-0.39, 0.29) is 5.02 Å². The van der Waals surface area contributed by atoms with Gasteiger partial charge in [-0.15, -0.1) is 0 Å². The average molecular weight is 312 g/mol. The zero-order chi connectivity index (χ0) is 14.5. The van der Waals surface area contributed by atoms with E-state index in [1.54, 1.807) is 12.1 Å². The van der Waals surface area contributed by atoms with Crippen molar-refractivity contribution >= 4 is 35.4 Å². The molecule has 0 aliphatic heterocycles. The van der Waals surface area contributed by atoms with Gasteiger partial charge in [0.2, 0.25) is 0 Å². The number of carbonyl (C=O) groups excluding carboxylic acids is 1. The van der Waals surface area contributed by atoms with Crippen LogP contribution in [0.4, 0.5) is 4.39 Å². The Kier molecular flexibility index (Phi) is 4.71. The molecular formula is C14H8Cl2FNO2. The molecule has 0 bridgehead atoms. The largest absolute Gasteiger partial charge is 0.365 e. The number of rotatable bonds is 3. The van der Waals surface area contributed by atoms with Crippen molar-refractivity contribution in [2.24, 2.45) is 5.16 Å². The summed E-state index contributed by atoms with van der Waals surface area (Å²) in [6.45, 7) is 0. The topological polar surface area (TPSA) is 38.7 Å². The average Bonchev–Trinajstić information content (AvgIpc) is 2.43. The molecule has 0 fully saturated rings. The Bertz CT molecular complexity index is 657. The lowest BCUT2D eigenvalue weighted by atomic mass is 10.2. The number of hydrogen-bond donors (Lipinski definition) is 0. The van der Waals surface area contributed by atoms with Gasteiger partial charge in [0.1, 0.15) is 5.82 Å². The van der Waals surface area contributed by atoms with Gasteiger partial charge in [0.05, 0.1) is 16.8 Å². The molecule has 0 amide bonds. The first-order valence-electron chi connectivity index (χ1n) is 5.51. The van der Waals surface area contributed by atoms with E-state index in [0.717, 1.165) is 0 Å². The number of carbonyl (C=O) groups is 1. The van der Waals surface area contributed by atoms with Gasteiger partial charge < -0.3 is 4.84 Å². The lowest BCUT2D eigenvalue weighted by molar-refractivity contribution is 0.0519. The number of benzene rings is 2. The second-order valence-electron chi connectivity index (χ2n) is 3.79. The molecular weight excluding hydrogens is 304 g/mol. The summed E-state index contributed by atoms with van der Waals surface area (Å²) in [5, 5.41) is 4.01. The summed E-state index contributed by atoms with van der Waals surface area (Å²) in [5.41, 5.74) is 0.837. The van der Waals surface area contributed by atoms with Crippen molar-refractivity contribution in [2.75, 3.05) is 0 Å². The molecule has 2 rings (SSSR count). The van der Waals surface area contributed by atoms with Crippen molar-refractivity contribution in [3.8, 4) is 0 Å². The molecule has 0 unspecified atom stereocenters. The second-order valence-corrected chi connectivity index (χ2v) is 4.64. The van der Waals surface area contributed by atoms with Crippen molar-refractivity contribution in [3.05, 3.63) is 69.5 Å². The van der Waals surface area contributed by atoms with E-state index in [1.807, 2.05) is 0 Å². The first-order valence-corrected chi connectivity index (χ1v) is 6.27. The summed E-state index contributed by atoms with van der Waals surface area (Å²) in [7, 11) is 0. The van der Waals surface area contributed by atoms with Crippen LogP contribution in [-0.4, -0.2) is 12.2 Å². The highest BCUT2D eigenvalue weighted by Gasteiger charge is 2.06. The molecule has 0 aliphatic carbocycles. The molecule has 0 heterocycles. The van der Waals surface area contributed by atoms with E-state index < -0.39 is 11.8 Å². The highest BCUT2D eigenvalue weighted by Crippen LogP contribution is 2.15. The van der Waals surface area contributed by atoms with Crippen LogP contribution in [0, 0.1) is 5.82 Å². The van der Waals surface area contributed by atoms with Crippen molar-refractivity contribution in [1.82, 2.24) is 0 Å². The minimum atomic E-state index is -0.619. The molecule has 0 saturated heterocycles. The predicted molar refractivity (Wildman–Crippen MR) is 75.9 cm³/mol. The lowest BCUT2D eigenvalue weighted by Crippen LogP contribution is -2.00. The molecule has 0 aliphatic rings. The van der Waals surface area contributed by atoms with Gasteiger partial charge in [0.15, 0.2) is 0 Å². The third kappa shape index (κ3) is 3.79. The van der Waals surface area contributed by atoms with Crippen molar-refractivity contribution in [3.63, 3.8) is 0 Å². The SMILES string of the molecule is O=C(O/N=C\c1ccc(F)c(Cl)c1)c1ccc(Cl)cc1. The number of nitrogens with zero attached hydrogens (tertiary/aromatic N) is 1. The summed E-state index contributed by atoms with van der Waals surface area (Å²) in [6.07, 6.45) is 1.26. The van der Waals surface area contributed by atoms with Crippen molar-refractivity contribution in [2.45, 2.75) is 0 Å². The molecule has 0 aromatic heterocycles. The van der Waals surface area contributed by atoms with Crippen LogP contribution >= 0.6 is 23.2 Å². The summed E-state index contributed by atoms with van der Waals surface area (Å²) in [5.74, 6) is -1.15. The quantitative estimate of drug-likeness (QED) is 0.481. The van der Waals surface area contributed by atoms with Crippen LogP contribution in [0.2, 0.25) is 10.0 Å². The van der Waals surface area contributed by atoms with Crippen LogP contribution in [0.3, 0.4) is 0 Å². The molecule has 0 N–H and O–H groups in total. The van der Waals surface area contributed by atoms with E-state index in [0.29, 0.717) is 16.1 Å². The monoisotopic (exact) mass is 311 g/mol. The smallest absolute Gasteiger partial charge is 0.313 e. The van der Waals surface area contributed by atoms with E-state index in [4.69, 9.17) is 28.0 Å². The summed E-state index contributed by atoms with van der Waals surface area (Å²) < 4.78 is 12.9. The molecule has 0 atom stereocenters. The Morgan fingerprint density at radius 2 is 1.85 bits per heavy atom. The van der Waals surface area contributed by atoms with Gasteiger partial charge in [-0.2, -0.15) is 0 Å². The summed E-state index contributed by atoms with van der Waals surface area (Å²) in [4.78, 5) is 16.3. The number of hydrogen-bond acceptors (Lipinski definition) is 3. The minimum Gasteiger partial charge on any atom is -0.313 e. The van der Waals surface area contributed by atoms with Crippen LogP contribution in [0.15, 0.2) is 47.6 Å². The van der Waals surface area contributed by atoms with Crippen LogP contribution in [0.5, 0.6) is 0 Å². The van der Waals surface area contributed by atoms with Crippen molar-refractivity contribution < 1.29 is 14.0 Å². The third-order valence-corrected chi connectivity index (χ3v) is 2.90. The van der Waals surface area contributed by atoms with Gasteiger partial charge in [0, 0.05) is 5.02 Å². The third-order valence-electron chi connectivity index (χ3n) is 2.36. The molecule has 0 spiro atoms. The Morgan fingerprint density at radius 1 is 1.15 bits per heavy atom. The zero-order valence-corrected chi connectivity index (χ0v) is 11.5. The van der Waals surface area contributed by atoms with Gasteiger partial charge in [-0.3, -0.25) is 0 Å². The van der Waals surface area contributed by atoms with Crippen LogP contribution in [0.1, 0.15) is 15.9 Å². The standard InChI is InChI=1S/C14H8Cl2FNO2/c15-11-4-2-10(3-5-11)14(19)20-18-8-9-1-6-13(17)12(16)7-9/h1-8H/b18-8-. The van der Waals surface area contributed by atoms with E-state index in [9.17, 15) is 9.18 Å². The lowest BCUT2D eigenvalue weighted by Gasteiger charge is -1.98. The maximum Gasteiger partial charge on any atom is 0.365 e. The Labute approximate surface area is 124 Å². The van der Waals surface area contributed by atoms with Gasteiger partial charge in [0.25, 0.3) is 0 Å². The number of oxime groups is 1. The summed E-state index contributed by atoms with van der Waals surface area (Å²) in [6, 6.07) is 10.2. The van der Waals surface area contributed by atoms with Gasteiger partial charge in [-0.05, 0) is 42.0 Å². The first kappa shape index (κ1) is 14.5. The van der Waals surface area contributed by atoms with E-state index in [1.165, 1.54) is 36.5 Å². The zero-order valence-electron chi connectivity index (χ0n) is 10.0. The van der Waals surface area contributed by atoms with Crippen molar-refractivity contribution in [1.29, 1.82) is 0 Å². The molecule has 2 aromatic carbocycles. The normalized spacial score (nSPS) is 10.8. The van der Waals surface area contributed by atoms with Gasteiger partial charge >= 0.3 is 5.97 Å². The van der Waals surface area contributed by atoms with Gasteiger partial charge in [-0.1, -0.05) is 34.4 Å². The van der Waals surface area contributed by atoms with E-state index >= 15 is 0 Å². The van der Waals surface area contributed by atoms with Crippen LogP contribution in [-0.2, 0) is 4.84 Å². The van der Waals surface area contributed by atoms with Crippen LogP contribution in [0.25, 0.3) is 0 Å². The van der Waals surface area contributed by atoms with Gasteiger partial charge in [-0.25, -0.2) is 9.18 Å². The highest BCUT2D eigenvalue weighted by molar-refractivity contribution is 6.31. The first-order chi connectivity index (χ1) is 9.56. The Balaban J connectivity index is 2.00. The molecule has 6 heteroatoms. The fourth-order valence-corrected chi connectivity index (χ4v) is 1.68. The Hall–Kier alpha value is -1.91. The van der Waals surface area contributed by atoms with E-state index in [2.05, 4.69) is 5.16 Å². The minimum absolute atomic E-state index is 0.0297. The molecule has 102 valence electrons. The fourth-order valence-electron chi connectivity index (χ4n) is 1.37. The second kappa shape index (κ2) is 6.50. The number of halogens is 3. The van der Waals surface area contributed by atoms with Crippen LogP contribution < -0.4 is 0 Å². The maximum atomic E-state index is 12.9. The molecule has 2 aromatic rings. The summed E-state index contributed by atoms with van der Waals surface area (Å²) >= 11 is 11.3. The molecule has 0 saturated carbocycles.